The number of ether oxygens (including phenoxy) is 2. The van der Waals surface area contributed by atoms with E-state index in [1.807, 2.05) is 0 Å². The number of nitro groups is 1. The molecule has 154 valence electrons. The van der Waals surface area contributed by atoms with Crippen LogP contribution < -0.4 is 21.5 Å². The zero-order valence-corrected chi connectivity index (χ0v) is 15.7. The maximum atomic E-state index is 11.5. The Bertz CT molecular complexity index is 700. The van der Waals surface area contributed by atoms with Crippen molar-refractivity contribution in [1.29, 1.82) is 0 Å². The van der Waals surface area contributed by atoms with Gasteiger partial charge in [-0.2, -0.15) is 0 Å². The van der Waals surface area contributed by atoms with Crippen LogP contribution in [0.3, 0.4) is 0 Å². The maximum absolute atomic E-state index is 11.5. The third-order valence-electron chi connectivity index (χ3n) is 2.87. The van der Waals surface area contributed by atoms with E-state index >= 15 is 0 Å². The van der Waals surface area contributed by atoms with Crippen LogP contribution in [0.4, 0.5) is 20.1 Å². The Morgan fingerprint density at radius 2 is 1.61 bits per heavy atom. The molecule has 4 N–H and O–H groups in total. The second kappa shape index (κ2) is 10.5. The number of hydrogen-bond donors (Lipinski definition) is 4. The van der Waals surface area contributed by atoms with E-state index in [1.165, 1.54) is 24.3 Å². The van der Waals surface area contributed by atoms with Crippen molar-refractivity contribution in [3.63, 3.8) is 0 Å². The molecule has 0 spiro atoms. The van der Waals surface area contributed by atoms with Crippen molar-refractivity contribution in [1.82, 2.24) is 21.5 Å². The molecule has 0 aliphatic heterocycles. The number of carbonyl (C=O) groups excluding carboxylic acids is 3. The average molecular weight is 397 g/mol. The first-order valence-electron chi connectivity index (χ1n) is 8.23. The molecule has 0 fully saturated rings. The number of non-ortho nitro benzene ring substituents is 1. The van der Waals surface area contributed by atoms with Gasteiger partial charge in [0.2, 0.25) is 0 Å². The number of alkyl carbamates (subject to hydrolysis) is 1. The van der Waals surface area contributed by atoms with Gasteiger partial charge < -0.3 is 20.1 Å². The van der Waals surface area contributed by atoms with Crippen LogP contribution in [0.15, 0.2) is 24.3 Å². The molecule has 0 aliphatic carbocycles. The topological polar surface area (TPSA) is 161 Å². The van der Waals surface area contributed by atoms with Crippen LogP contribution in [0.1, 0.15) is 26.3 Å². The molecule has 12 heteroatoms. The minimum absolute atomic E-state index is 0.0567. The third-order valence-corrected chi connectivity index (χ3v) is 2.87. The summed E-state index contributed by atoms with van der Waals surface area (Å²) in [6, 6.07) is 4.89. The normalized spacial score (nSPS) is 10.4. The fraction of sp³-hybridized carbons (Fsp3) is 0.438. The van der Waals surface area contributed by atoms with Gasteiger partial charge in [0.15, 0.2) is 0 Å². The van der Waals surface area contributed by atoms with Crippen LogP contribution in [0.5, 0.6) is 0 Å². The van der Waals surface area contributed by atoms with Gasteiger partial charge >= 0.3 is 18.2 Å². The number of urea groups is 1. The van der Waals surface area contributed by atoms with Crippen LogP contribution in [-0.4, -0.2) is 41.8 Å². The van der Waals surface area contributed by atoms with E-state index in [-0.39, 0.29) is 25.4 Å². The predicted molar refractivity (Wildman–Crippen MR) is 97.2 cm³/mol. The average Bonchev–Trinajstić information content (AvgIpc) is 2.60. The molecule has 0 radical (unpaired) electrons. The Balaban J connectivity index is 2.15. The van der Waals surface area contributed by atoms with Gasteiger partial charge in [-0.25, -0.2) is 25.2 Å². The minimum Gasteiger partial charge on any atom is -0.445 e. The third kappa shape index (κ3) is 9.79. The molecule has 0 unspecified atom stereocenters. The van der Waals surface area contributed by atoms with Gasteiger partial charge in [-0.05, 0) is 38.5 Å². The summed E-state index contributed by atoms with van der Waals surface area (Å²) in [7, 11) is 0. The molecule has 0 atom stereocenters. The van der Waals surface area contributed by atoms with Crippen molar-refractivity contribution in [3.05, 3.63) is 39.9 Å². The predicted octanol–water partition coefficient (Wildman–Crippen LogP) is 1.56. The SMILES string of the molecule is CC(C)(C)OC(=O)NNC(=O)NCCNC(=O)OCc1ccc([N+](=O)[O-])cc1. The molecule has 1 aromatic carbocycles. The molecule has 0 aromatic heterocycles. The highest BCUT2D eigenvalue weighted by atomic mass is 16.6. The summed E-state index contributed by atoms with van der Waals surface area (Å²) in [4.78, 5) is 44.4. The van der Waals surface area contributed by atoms with Gasteiger partial charge in [-0.15, -0.1) is 0 Å². The lowest BCUT2D eigenvalue weighted by Crippen LogP contribution is -2.49. The molecule has 0 saturated carbocycles. The zero-order valence-electron chi connectivity index (χ0n) is 15.7. The molecular weight excluding hydrogens is 374 g/mol. The van der Waals surface area contributed by atoms with E-state index in [2.05, 4.69) is 21.5 Å². The molecule has 4 amide bonds. The van der Waals surface area contributed by atoms with Gasteiger partial charge in [-0.3, -0.25) is 10.1 Å². The van der Waals surface area contributed by atoms with Crippen LogP contribution in [0.25, 0.3) is 0 Å². The van der Waals surface area contributed by atoms with E-state index < -0.39 is 28.7 Å². The maximum Gasteiger partial charge on any atom is 0.426 e. The quantitative estimate of drug-likeness (QED) is 0.322. The summed E-state index contributed by atoms with van der Waals surface area (Å²) >= 11 is 0. The van der Waals surface area contributed by atoms with Gasteiger partial charge in [0.1, 0.15) is 12.2 Å². The second-order valence-corrected chi connectivity index (χ2v) is 6.43. The monoisotopic (exact) mass is 397 g/mol. The summed E-state index contributed by atoms with van der Waals surface area (Å²) in [6.45, 7) is 5.14. The highest BCUT2D eigenvalue weighted by molar-refractivity contribution is 5.77. The zero-order chi connectivity index (χ0) is 21.2. The van der Waals surface area contributed by atoms with Gasteiger partial charge in [0.25, 0.3) is 5.69 Å². The summed E-state index contributed by atoms with van der Waals surface area (Å²) < 4.78 is 9.87. The van der Waals surface area contributed by atoms with Crippen molar-refractivity contribution >= 4 is 23.9 Å². The molecule has 1 rings (SSSR count). The first kappa shape index (κ1) is 22.5. The fourth-order valence-corrected chi connectivity index (χ4v) is 1.71. The lowest BCUT2D eigenvalue weighted by atomic mass is 10.2. The number of carbonyl (C=O) groups is 3. The van der Waals surface area contributed by atoms with Crippen LogP contribution in [-0.2, 0) is 16.1 Å². The summed E-state index contributed by atoms with van der Waals surface area (Å²) in [5, 5.41) is 15.4. The molecule has 1 aromatic rings. The fourth-order valence-electron chi connectivity index (χ4n) is 1.71. The summed E-state index contributed by atoms with van der Waals surface area (Å²) in [5.74, 6) is 0. The lowest BCUT2D eigenvalue weighted by molar-refractivity contribution is -0.384. The largest absolute Gasteiger partial charge is 0.445 e. The molecule has 0 bridgehead atoms. The number of rotatable bonds is 6. The van der Waals surface area contributed by atoms with Crippen molar-refractivity contribution in [2.45, 2.75) is 33.0 Å². The Morgan fingerprint density at radius 3 is 2.18 bits per heavy atom. The number of nitrogens with zero attached hydrogens (tertiary/aromatic N) is 1. The van der Waals surface area contributed by atoms with E-state index in [4.69, 9.17) is 9.47 Å². The van der Waals surface area contributed by atoms with Crippen molar-refractivity contribution in [2.24, 2.45) is 0 Å². The van der Waals surface area contributed by atoms with E-state index in [0.29, 0.717) is 5.56 Å². The van der Waals surface area contributed by atoms with Crippen molar-refractivity contribution in [2.75, 3.05) is 13.1 Å². The number of nitrogens with one attached hydrogen (secondary N) is 4. The van der Waals surface area contributed by atoms with Gasteiger partial charge in [-0.1, -0.05) is 0 Å². The molecule has 28 heavy (non-hydrogen) atoms. The summed E-state index contributed by atoms with van der Waals surface area (Å²) in [6.07, 6.45) is -1.52. The number of hydrazine groups is 1. The number of nitro benzene ring substituents is 1. The van der Waals surface area contributed by atoms with Crippen molar-refractivity contribution in [3.8, 4) is 0 Å². The van der Waals surface area contributed by atoms with E-state index in [1.54, 1.807) is 20.8 Å². The molecular formula is C16H23N5O7. The Kier molecular flexibility index (Phi) is 8.46. The van der Waals surface area contributed by atoms with Gasteiger partial charge in [0.05, 0.1) is 4.92 Å². The smallest absolute Gasteiger partial charge is 0.426 e. The van der Waals surface area contributed by atoms with Crippen LogP contribution in [0, 0.1) is 10.1 Å². The highest BCUT2D eigenvalue weighted by Crippen LogP contribution is 2.12. The number of amides is 4. The van der Waals surface area contributed by atoms with Gasteiger partial charge in [0, 0.05) is 25.2 Å². The van der Waals surface area contributed by atoms with Crippen LogP contribution >= 0.6 is 0 Å². The lowest BCUT2D eigenvalue weighted by Gasteiger charge is -2.19. The van der Waals surface area contributed by atoms with Crippen LogP contribution in [0.2, 0.25) is 0 Å². The standard InChI is InChI=1S/C16H23N5O7/c1-16(2,3)28-15(24)20-19-13(22)17-8-9-18-14(23)27-10-11-4-6-12(7-5-11)21(25)26/h4-7H,8-10H2,1-3H3,(H,18,23)(H,20,24)(H2,17,19,22). The second-order valence-electron chi connectivity index (χ2n) is 6.43. The molecule has 0 saturated heterocycles. The van der Waals surface area contributed by atoms with Crippen molar-refractivity contribution < 1.29 is 28.8 Å². The Hall–Kier alpha value is -3.57. The van der Waals surface area contributed by atoms with E-state index in [9.17, 15) is 24.5 Å². The highest BCUT2D eigenvalue weighted by Gasteiger charge is 2.16. The molecule has 0 heterocycles. The molecule has 12 nitrogen and oxygen atoms in total. The number of benzene rings is 1. The first-order chi connectivity index (χ1) is 13.1. The minimum atomic E-state index is -0.810. The number of hydrogen-bond acceptors (Lipinski definition) is 7. The first-order valence-corrected chi connectivity index (χ1v) is 8.23. The Labute approximate surface area is 161 Å². The molecule has 0 aliphatic rings. The Morgan fingerprint density at radius 1 is 1.00 bits per heavy atom. The summed E-state index contributed by atoms with van der Waals surface area (Å²) in [5.41, 5.74) is 3.99. The van der Waals surface area contributed by atoms with E-state index in [0.717, 1.165) is 0 Å².